The lowest BCUT2D eigenvalue weighted by Gasteiger charge is -2.40. The molecular weight excluding hydrogens is 420 g/mol. The Hall–Kier alpha value is -1.59. The summed E-state index contributed by atoms with van der Waals surface area (Å²) in [5.41, 5.74) is 4.02. The number of hydrogen-bond acceptors (Lipinski definition) is 4. The van der Waals surface area contributed by atoms with Gasteiger partial charge in [0.15, 0.2) is 0 Å². The van der Waals surface area contributed by atoms with Gasteiger partial charge < -0.3 is 10.2 Å². The molecule has 176 valence electrons. The molecule has 2 aromatic carbocycles. The number of rotatable bonds is 5. The number of halogens is 1. The van der Waals surface area contributed by atoms with Crippen molar-refractivity contribution in [2.75, 3.05) is 39.3 Å². The third kappa shape index (κ3) is 5.66. The van der Waals surface area contributed by atoms with E-state index in [1.807, 2.05) is 12.1 Å². The molecule has 1 aliphatic heterocycles. The van der Waals surface area contributed by atoms with Crippen LogP contribution in [0.4, 0.5) is 0 Å². The van der Waals surface area contributed by atoms with Gasteiger partial charge in [-0.15, -0.1) is 0 Å². The van der Waals surface area contributed by atoms with Gasteiger partial charge in [-0.3, -0.25) is 9.80 Å². The Kier molecular flexibility index (Phi) is 7.61. The third-order valence-electron chi connectivity index (χ3n) is 6.44. The van der Waals surface area contributed by atoms with Crippen LogP contribution in [-0.2, 0) is 10.8 Å². The largest absolute Gasteiger partial charge is 0.507 e. The number of hydrogen-bond donors (Lipinski definition) is 2. The highest BCUT2D eigenvalue weighted by Crippen LogP contribution is 2.43. The maximum atomic E-state index is 11.2. The van der Waals surface area contributed by atoms with Crippen LogP contribution in [0.1, 0.15) is 69.8 Å². The molecular formula is C27H39ClN2O2. The highest BCUT2D eigenvalue weighted by molar-refractivity contribution is 6.30. The molecule has 1 saturated heterocycles. The molecule has 2 N–H and O–H groups in total. The van der Waals surface area contributed by atoms with Crippen LogP contribution in [0.25, 0.3) is 0 Å². The number of aliphatic hydroxyl groups is 1. The molecule has 1 atom stereocenters. The predicted octanol–water partition coefficient (Wildman–Crippen LogP) is 5.34. The first-order chi connectivity index (χ1) is 14.9. The molecule has 1 heterocycles. The van der Waals surface area contributed by atoms with E-state index in [1.165, 1.54) is 11.1 Å². The van der Waals surface area contributed by atoms with Crippen LogP contribution in [0.15, 0.2) is 36.4 Å². The minimum atomic E-state index is -0.176. The number of piperazine rings is 1. The highest BCUT2D eigenvalue weighted by atomic mass is 35.5. The fourth-order valence-electron chi connectivity index (χ4n) is 4.60. The van der Waals surface area contributed by atoms with Crippen LogP contribution in [-0.4, -0.2) is 59.3 Å². The monoisotopic (exact) mass is 458 g/mol. The fourth-order valence-corrected chi connectivity index (χ4v) is 4.73. The number of nitrogens with zero attached hydrogens (tertiary/aromatic N) is 2. The maximum Gasteiger partial charge on any atom is 0.123 e. The number of β-amino-alcohol motifs (C(OH)–C–C–N with tert-alkyl or cyclic N) is 1. The molecule has 1 aliphatic rings. The van der Waals surface area contributed by atoms with Gasteiger partial charge >= 0.3 is 0 Å². The SMILES string of the molecule is CC(C)(C)c1cc(C(c2ccc(Cl)cc2)N2CCN(CCO)CC2)cc(C(C)(C)C)c1O. The molecule has 2 aromatic rings. The Labute approximate surface area is 198 Å². The lowest BCUT2D eigenvalue weighted by Crippen LogP contribution is -2.48. The molecule has 0 aliphatic carbocycles. The summed E-state index contributed by atoms with van der Waals surface area (Å²) in [5, 5.41) is 21.3. The number of benzene rings is 2. The van der Waals surface area contributed by atoms with E-state index < -0.39 is 0 Å². The number of aromatic hydroxyl groups is 1. The van der Waals surface area contributed by atoms with Crippen molar-refractivity contribution in [1.29, 1.82) is 0 Å². The second kappa shape index (κ2) is 9.72. The van der Waals surface area contributed by atoms with E-state index in [2.05, 4.69) is 75.6 Å². The van der Waals surface area contributed by atoms with Crippen LogP contribution < -0.4 is 0 Å². The summed E-state index contributed by atoms with van der Waals surface area (Å²) in [6, 6.07) is 12.6. The van der Waals surface area contributed by atoms with Gasteiger partial charge in [0.05, 0.1) is 12.6 Å². The molecule has 0 radical (unpaired) electrons. The van der Waals surface area contributed by atoms with Gasteiger partial charge in [0, 0.05) is 37.7 Å². The Morgan fingerprint density at radius 1 is 0.844 bits per heavy atom. The normalized spacial score (nSPS) is 17.5. The summed E-state index contributed by atoms with van der Waals surface area (Å²) in [6.07, 6.45) is 0. The van der Waals surface area contributed by atoms with E-state index in [0.29, 0.717) is 5.75 Å². The first-order valence-corrected chi connectivity index (χ1v) is 12.0. The molecule has 1 fully saturated rings. The number of phenolic OH excluding ortho intramolecular Hbond substituents is 1. The zero-order valence-electron chi connectivity index (χ0n) is 20.5. The summed E-state index contributed by atoms with van der Waals surface area (Å²) >= 11 is 6.22. The van der Waals surface area contributed by atoms with Crippen LogP contribution in [0.5, 0.6) is 5.75 Å². The zero-order chi connectivity index (χ0) is 23.7. The van der Waals surface area contributed by atoms with Crippen molar-refractivity contribution in [3.63, 3.8) is 0 Å². The van der Waals surface area contributed by atoms with Crippen molar-refractivity contribution in [3.05, 3.63) is 63.7 Å². The summed E-state index contributed by atoms with van der Waals surface area (Å²) in [6.45, 7) is 17.6. The minimum Gasteiger partial charge on any atom is -0.507 e. The van der Waals surface area contributed by atoms with Gasteiger partial charge in [-0.05, 0) is 57.3 Å². The smallest absolute Gasteiger partial charge is 0.123 e. The van der Waals surface area contributed by atoms with Gasteiger partial charge in [0.25, 0.3) is 0 Å². The van der Waals surface area contributed by atoms with Gasteiger partial charge in [-0.2, -0.15) is 0 Å². The lowest BCUT2D eigenvalue weighted by atomic mass is 9.77. The Balaban J connectivity index is 2.13. The van der Waals surface area contributed by atoms with E-state index in [-0.39, 0.29) is 23.5 Å². The van der Waals surface area contributed by atoms with E-state index >= 15 is 0 Å². The Morgan fingerprint density at radius 3 is 1.78 bits per heavy atom. The molecule has 1 unspecified atom stereocenters. The molecule has 4 nitrogen and oxygen atoms in total. The van der Waals surface area contributed by atoms with Crippen LogP contribution in [0, 0.1) is 0 Å². The summed E-state index contributed by atoms with van der Waals surface area (Å²) in [4.78, 5) is 4.83. The second-order valence-electron chi connectivity index (χ2n) is 11.0. The first-order valence-electron chi connectivity index (χ1n) is 11.6. The summed E-state index contributed by atoms with van der Waals surface area (Å²) in [7, 11) is 0. The van der Waals surface area contributed by atoms with E-state index in [0.717, 1.165) is 48.9 Å². The molecule has 5 heteroatoms. The van der Waals surface area contributed by atoms with E-state index in [9.17, 15) is 10.2 Å². The molecule has 0 saturated carbocycles. The average molecular weight is 459 g/mol. The fraction of sp³-hybridized carbons (Fsp3) is 0.556. The highest BCUT2D eigenvalue weighted by Gasteiger charge is 2.31. The van der Waals surface area contributed by atoms with Crippen molar-refractivity contribution in [3.8, 4) is 5.75 Å². The average Bonchev–Trinajstić information content (AvgIpc) is 2.70. The van der Waals surface area contributed by atoms with Crippen molar-refractivity contribution in [1.82, 2.24) is 9.80 Å². The third-order valence-corrected chi connectivity index (χ3v) is 6.69. The molecule has 3 rings (SSSR count). The van der Waals surface area contributed by atoms with E-state index in [4.69, 9.17) is 11.6 Å². The van der Waals surface area contributed by atoms with Gasteiger partial charge in [0.2, 0.25) is 0 Å². The topological polar surface area (TPSA) is 46.9 Å². The van der Waals surface area contributed by atoms with Gasteiger partial charge in [0.1, 0.15) is 5.75 Å². The minimum absolute atomic E-state index is 0.0753. The molecule has 0 spiro atoms. The van der Waals surface area contributed by atoms with E-state index in [1.54, 1.807) is 0 Å². The van der Waals surface area contributed by atoms with Crippen molar-refractivity contribution in [2.24, 2.45) is 0 Å². The lowest BCUT2D eigenvalue weighted by molar-refractivity contribution is 0.0944. The zero-order valence-corrected chi connectivity index (χ0v) is 21.2. The summed E-state index contributed by atoms with van der Waals surface area (Å²) < 4.78 is 0. The Bertz CT molecular complexity index is 870. The first kappa shape index (κ1) is 25.0. The van der Waals surface area contributed by atoms with Crippen LogP contribution >= 0.6 is 11.6 Å². The predicted molar refractivity (Wildman–Crippen MR) is 134 cm³/mol. The number of aliphatic hydroxyl groups excluding tert-OH is 1. The van der Waals surface area contributed by atoms with Gasteiger partial charge in [-0.1, -0.05) is 65.3 Å². The summed E-state index contributed by atoms with van der Waals surface area (Å²) in [5.74, 6) is 0.413. The van der Waals surface area contributed by atoms with Crippen LogP contribution in [0.3, 0.4) is 0 Å². The Morgan fingerprint density at radius 2 is 1.34 bits per heavy atom. The molecule has 0 bridgehead atoms. The van der Waals surface area contributed by atoms with Crippen molar-refractivity contribution >= 4 is 11.6 Å². The molecule has 0 aromatic heterocycles. The van der Waals surface area contributed by atoms with Crippen molar-refractivity contribution < 1.29 is 10.2 Å². The molecule has 32 heavy (non-hydrogen) atoms. The maximum absolute atomic E-state index is 11.2. The quantitative estimate of drug-likeness (QED) is 0.634. The second-order valence-corrected chi connectivity index (χ2v) is 11.5. The standard InChI is InChI=1S/C27H39ClN2O2/c1-26(2,3)22-17-20(18-23(25(22)32)27(4,5)6)24(19-7-9-21(28)10-8-19)30-13-11-29(12-14-30)15-16-31/h7-10,17-18,24,31-32H,11-16H2,1-6H3. The van der Waals surface area contributed by atoms with Gasteiger partial charge in [-0.25, -0.2) is 0 Å². The van der Waals surface area contributed by atoms with Crippen LogP contribution in [0.2, 0.25) is 5.02 Å². The van der Waals surface area contributed by atoms with Crippen molar-refractivity contribution in [2.45, 2.75) is 58.4 Å². The number of phenols is 1. The molecule has 0 amide bonds.